The first-order valence-electron chi connectivity index (χ1n) is 10.5. The number of rotatable bonds is 3. The Morgan fingerprint density at radius 1 is 1.03 bits per heavy atom. The molecule has 1 saturated heterocycles. The van der Waals surface area contributed by atoms with E-state index < -0.39 is 0 Å². The fourth-order valence-electron chi connectivity index (χ4n) is 3.89. The molecule has 1 aliphatic carbocycles. The molecule has 1 aromatic rings. The third-order valence-electron chi connectivity index (χ3n) is 5.79. The van der Waals surface area contributed by atoms with Crippen molar-refractivity contribution in [1.29, 1.82) is 0 Å². The minimum absolute atomic E-state index is 0.0718. The van der Waals surface area contributed by atoms with Crippen molar-refractivity contribution < 1.29 is 9.59 Å². The molecule has 2 heterocycles. The quantitative estimate of drug-likeness (QED) is 0.778. The van der Waals surface area contributed by atoms with E-state index in [0.29, 0.717) is 25.5 Å². The Balaban J connectivity index is 1.33. The maximum absolute atomic E-state index is 12.9. The average Bonchev–Trinajstić information content (AvgIpc) is 2.73. The molecule has 2 aliphatic heterocycles. The lowest BCUT2D eigenvalue weighted by molar-refractivity contribution is -0.118. The van der Waals surface area contributed by atoms with Crippen LogP contribution in [0.3, 0.4) is 0 Å². The van der Waals surface area contributed by atoms with Gasteiger partial charge >= 0.3 is 0 Å². The lowest BCUT2D eigenvalue weighted by Crippen LogP contribution is -2.50. The van der Waals surface area contributed by atoms with Crippen LogP contribution in [0, 0.1) is 5.92 Å². The van der Waals surface area contributed by atoms with Crippen LogP contribution in [-0.2, 0) is 10.2 Å². The molecule has 0 N–H and O–H groups in total. The summed E-state index contributed by atoms with van der Waals surface area (Å²) in [5, 5.41) is 0. The number of piperazine rings is 1. The summed E-state index contributed by atoms with van der Waals surface area (Å²) in [5.41, 5.74) is 2.79. The van der Waals surface area contributed by atoms with E-state index in [0.717, 1.165) is 24.4 Å². The van der Waals surface area contributed by atoms with E-state index in [1.807, 2.05) is 53.5 Å². The molecule has 6 heteroatoms. The van der Waals surface area contributed by atoms with Gasteiger partial charge in [-0.25, -0.2) is 4.99 Å². The van der Waals surface area contributed by atoms with Crippen molar-refractivity contribution in [3.8, 4) is 0 Å². The molecule has 6 nitrogen and oxygen atoms in total. The van der Waals surface area contributed by atoms with Crippen molar-refractivity contribution in [2.75, 3.05) is 32.7 Å². The second-order valence-corrected chi connectivity index (χ2v) is 9.02. The molecule has 4 rings (SSSR count). The Hall–Kier alpha value is -2.86. The van der Waals surface area contributed by atoms with Gasteiger partial charge in [-0.2, -0.15) is 4.99 Å². The van der Waals surface area contributed by atoms with E-state index in [9.17, 15) is 9.59 Å². The number of amidine groups is 1. The van der Waals surface area contributed by atoms with E-state index in [1.54, 1.807) is 0 Å². The van der Waals surface area contributed by atoms with Gasteiger partial charge in [0.2, 0.25) is 0 Å². The van der Waals surface area contributed by atoms with Crippen molar-refractivity contribution in [3.05, 3.63) is 59.7 Å². The predicted octanol–water partition coefficient (Wildman–Crippen LogP) is 2.86. The van der Waals surface area contributed by atoms with Gasteiger partial charge < -0.3 is 4.90 Å². The Kier molecular flexibility index (Phi) is 5.52. The summed E-state index contributed by atoms with van der Waals surface area (Å²) in [4.78, 5) is 37.9. The topological polar surface area (TPSA) is 65.3 Å². The summed E-state index contributed by atoms with van der Waals surface area (Å²) in [5.74, 6) is 0.146. The van der Waals surface area contributed by atoms with Crippen molar-refractivity contribution in [2.45, 2.75) is 26.2 Å². The Morgan fingerprint density at radius 2 is 1.73 bits per heavy atom. The van der Waals surface area contributed by atoms with E-state index in [2.05, 4.69) is 35.7 Å². The highest BCUT2D eigenvalue weighted by Gasteiger charge is 2.28. The zero-order valence-electron chi connectivity index (χ0n) is 17.8. The summed E-state index contributed by atoms with van der Waals surface area (Å²) in [6.07, 6.45) is 7.46. The van der Waals surface area contributed by atoms with Gasteiger partial charge in [0.15, 0.2) is 0 Å². The van der Waals surface area contributed by atoms with Crippen LogP contribution in [-0.4, -0.2) is 65.9 Å². The van der Waals surface area contributed by atoms with Gasteiger partial charge in [0.25, 0.3) is 11.8 Å². The van der Waals surface area contributed by atoms with Gasteiger partial charge in [-0.15, -0.1) is 0 Å². The second kappa shape index (κ2) is 8.11. The zero-order chi connectivity index (χ0) is 21.3. The van der Waals surface area contributed by atoms with Crippen molar-refractivity contribution >= 4 is 23.4 Å². The summed E-state index contributed by atoms with van der Waals surface area (Å²) in [6.45, 7) is 9.82. The Labute approximate surface area is 177 Å². The van der Waals surface area contributed by atoms with Gasteiger partial charge in [0.1, 0.15) is 11.8 Å². The van der Waals surface area contributed by atoms with E-state index in [1.165, 1.54) is 5.56 Å². The maximum Gasteiger partial charge on any atom is 0.260 e. The molecule has 2 amide bonds. The number of hydrogen-bond acceptors (Lipinski definition) is 4. The van der Waals surface area contributed by atoms with Crippen molar-refractivity contribution in [2.24, 2.45) is 15.9 Å². The van der Waals surface area contributed by atoms with Crippen molar-refractivity contribution in [1.82, 2.24) is 9.80 Å². The normalized spacial score (nSPS) is 21.9. The number of carbonyl (C=O) groups is 2. The first-order chi connectivity index (χ1) is 14.3. The minimum Gasteiger partial charge on any atom is -0.336 e. The van der Waals surface area contributed by atoms with Gasteiger partial charge in [-0.3, -0.25) is 14.5 Å². The fraction of sp³-hybridized carbons (Fsp3) is 0.417. The largest absolute Gasteiger partial charge is 0.336 e. The minimum atomic E-state index is -0.335. The van der Waals surface area contributed by atoms with Gasteiger partial charge in [-0.1, -0.05) is 51.1 Å². The van der Waals surface area contributed by atoms with Crippen LogP contribution >= 0.6 is 0 Å². The van der Waals surface area contributed by atoms with E-state index in [-0.39, 0.29) is 23.1 Å². The van der Waals surface area contributed by atoms with Crippen LogP contribution in [0.4, 0.5) is 0 Å². The molecule has 3 aliphatic rings. The molecule has 156 valence electrons. The first-order valence-corrected chi connectivity index (χ1v) is 10.5. The number of carbonyl (C=O) groups excluding carboxylic acids is 2. The average molecular weight is 405 g/mol. The highest BCUT2D eigenvalue weighted by molar-refractivity contribution is 6.21. The van der Waals surface area contributed by atoms with Gasteiger partial charge in [0, 0.05) is 31.7 Å². The Bertz CT molecular complexity index is 956. The van der Waals surface area contributed by atoms with Gasteiger partial charge in [-0.05, 0) is 29.2 Å². The molecule has 0 bridgehead atoms. The van der Waals surface area contributed by atoms with Crippen LogP contribution in [0.15, 0.2) is 58.6 Å². The third-order valence-corrected chi connectivity index (χ3v) is 5.79. The summed E-state index contributed by atoms with van der Waals surface area (Å²) in [6, 6.07) is 7.94. The molecule has 30 heavy (non-hydrogen) atoms. The molecule has 0 spiro atoms. The first kappa shape index (κ1) is 20.4. The number of hydrogen-bond donors (Lipinski definition) is 0. The highest BCUT2D eigenvalue weighted by atomic mass is 16.2. The van der Waals surface area contributed by atoms with E-state index >= 15 is 0 Å². The molecule has 1 unspecified atom stereocenters. The van der Waals surface area contributed by atoms with Crippen LogP contribution in [0.2, 0.25) is 0 Å². The Morgan fingerprint density at radius 3 is 2.40 bits per heavy atom. The fourth-order valence-corrected chi connectivity index (χ4v) is 3.89. The monoisotopic (exact) mass is 404 g/mol. The molecule has 1 aromatic carbocycles. The number of amides is 2. The number of nitrogens with zero attached hydrogens (tertiary/aromatic N) is 4. The summed E-state index contributed by atoms with van der Waals surface area (Å²) >= 11 is 0. The van der Waals surface area contributed by atoms with Crippen molar-refractivity contribution in [3.63, 3.8) is 0 Å². The van der Waals surface area contributed by atoms with Crippen LogP contribution in [0.5, 0.6) is 0 Å². The molecular weight excluding hydrogens is 376 g/mol. The molecule has 0 saturated carbocycles. The standard InChI is InChI=1S/C24H28N4O2/c1-24(2,3)18-10-8-17(9-11-18)23(30)28-14-12-27(13-15-28)16-21-25-20-7-5-4-6-19(20)22(29)26-21/h4-11,19H,12-16H2,1-3H3. The van der Waals surface area contributed by atoms with Crippen LogP contribution < -0.4 is 0 Å². The smallest absolute Gasteiger partial charge is 0.260 e. The maximum atomic E-state index is 12.9. The molecular formula is C24H28N4O2. The number of aliphatic imine (C=N–C) groups is 2. The van der Waals surface area contributed by atoms with E-state index in [4.69, 9.17) is 0 Å². The molecule has 0 aromatic heterocycles. The lowest BCUT2D eigenvalue weighted by Gasteiger charge is -2.35. The number of benzene rings is 1. The summed E-state index contributed by atoms with van der Waals surface area (Å²) in [7, 11) is 0. The zero-order valence-corrected chi connectivity index (χ0v) is 17.8. The van der Waals surface area contributed by atoms with Crippen LogP contribution in [0.25, 0.3) is 0 Å². The van der Waals surface area contributed by atoms with Crippen LogP contribution in [0.1, 0.15) is 36.7 Å². The predicted molar refractivity (Wildman–Crippen MR) is 119 cm³/mol. The molecule has 1 fully saturated rings. The molecule has 0 radical (unpaired) electrons. The number of allylic oxidation sites excluding steroid dienone is 3. The van der Waals surface area contributed by atoms with Gasteiger partial charge in [0.05, 0.1) is 12.3 Å². The summed E-state index contributed by atoms with van der Waals surface area (Å²) < 4.78 is 0. The third kappa shape index (κ3) is 4.33. The number of fused-ring (bicyclic) bond motifs is 1. The SMILES string of the molecule is CC(C)(C)c1ccc(C(=O)N2CCN(CC3=NC(=O)C4C=CC=CC4=N3)CC2)cc1. The second-order valence-electron chi connectivity index (χ2n) is 9.02. The highest BCUT2D eigenvalue weighted by Crippen LogP contribution is 2.23. The molecule has 1 atom stereocenters. The lowest BCUT2D eigenvalue weighted by atomic mass is 9.86.